The number of nitrogens with zero attached hydrogens (tertiary/aromatic N) is 2. The van der Waals surface area contributed by atoms with E-state index >= 15 is 0 Å². The zero-order chi connectivity index (χ0) is 13.5. The van der Waals surface area contributed by atoms with Gasteiger partial charge >= 0.3 is 0 Å². The van der Waals surface area contributed by atoms with Crippen LogP contribution in [0.25, 0.3) is 0 Å². The van der Waals surface area contributed by atoms with Gasteiger partial charge in [-0.2, -0.15) is 5.26 Å². The average Bonchev–Trinajstić information content (AvgIpc) is 2.46. The Morgan fingerprint density at radius 2 is 1.84 bits per heavy atom. The summed E-state index contributed by atoms with van der Waals surface area (Å²) in [6.07, 6.45) is 2.74. The van der Waals surface area contributed by atoms with Crippen LogP contribution in [0.2, 0.25) is 5.02 Å². The Morgan fingerprint density at radius 3 is 2.58 bits per heavy atom. The molecule has 4 heteroatoms. The molecule has 0 aliphatic rings. The molecule has 2 rings (SSSR count). The minimum absolute atomic E-state index is 0.240. The Hall–Kier alpha value is -2.31. The topological polar surface area (TPSA) is 45.4 Å². The van der Waals surface area contributed by atoms with Crippen LogP contribution in [0.1, 0.15) is 16.7 Å². The molecule has 0 atom stereocenters. The highest BCUT2D eigenvalue weighted by molar-refractivity contribution is 6.30. The number of nitriles is 1. The second kappa shape index (κ2) is 6.58. The van der Waals surface area contributed by atoms with Crippen LogP contribution in [0.3, 0.4) is 0 Å². The number of benzene rings is 2. The first kappa shape index (κ1) is 13.1. The molecule has 0 bridgehead atoms. The van der Waals surface area contributed by atoms with Crippen molar-refractivity contribution < 1.29 is 4.84 Å². The van der Waals surface area contributed by atoms with Gasteiger partial charge in [-0.25, -0.2) is 0 Å². The highest BCUT2D eigenvalue weighted by atomic mass is 35.5. The zero-order valence-electron chi connectivity index (χ0n) is 10.0. The van der Waals surface area contributed by atoms with Gasteiger partial charge in [-0.05, 0) is 18.2 Å². The molecule has 0 saturated carbocycles. The average molecular weight is 270 g/mol. The van der Waals surface area contributed by atoms with Gasteiger partial charge in [0.05, 0.1) is 11.6 Å². The third-order valence-electron chi connectivity index (χ3n) is 2.44. The van der Waals surface area contributed by atoms with E-state index in [1.165, 1.54) is 0 Å². The van der Waals surface area contributed by atoms with Crippen LogP contribution in [0.5, 0.6) is 0 Å². The maximum Gasteiger partial charge on any atom is 0.143 e. The zero-order valence-corrected chi connectivity index (χ0v) is 10.8. The molecule has 2 aromatic carbocycles. The SMILES string of the molecule is N#Cc1ccccc1CO/N=[C]\c1ccc(Cl)cc1. The third-order valence-corrected chi connectivity index (χ3v) is 2.69. The van der Waals surface area contributed by atoms with Gasteiger partial charge in [0.15, 0.2) is 0 Å². The molecule has 93 valence electrons. The number of halogens is 1. The van der Waals surface area contributed by atoms with E-state index in [4.69, 9.17) is 21.7 Å². The van der Waals surface area contributed by atoms with Crippen molar-refractivity contribution in [2.24, 2.45) is 5.16 Å². The van der Waals surface area contributed by atoms with Crippen molar-refractivity contribution in [2.75, 3.05) is 0 Å². The van der Waals surface area contributed by atoms with Crippen molar-refractivity contribution in [3.63, 3.8) is 0 Å². The molecule has 19 heavy (non-hydrogen) atoms. The van der Waals surface area contributed by atoms with Crippen LogP contribution < -0.4 is 0 Å². The largest absolute Gasteiger partial charge is 0.390 e. The molecule has 0 saturated heterocycles. The van der Waals surface area contributed by atoms with Crippen LogP contribution in [-0.2, 0) is 11.4 Å². The molecule has 0 aromatic heterocycles. The minimum Gasteiger partial charge on any atom is -0.390 e. The molecule has 2 aromatic rings. The van der Waals surface area contributed by atoms with Gasteiger partial charge in [-0.3, -0.25) is 0 Å². The van der Waals surface area contributed by atoms with Gasteiger partial charge in [0, 0.05) is 16.1 Å². The smallest absolute Gasteiger partial charge is 0.143 e. The van der Waals surface area contributed by atoms with E-state index < -0.39 is 0 Å². The van der Waals surface area contributed by atoms with Crippen LogP contribution in [0.4, 0.5) is 0 Å². The Balaban J connectivity index is 1.93. The van der Waals surface area contributed by atoms with E-state index in [0.29, 0.717) is 10.6 Å². The van der Waals surface area contributed by atoms with Crippen molar-refractivity contribution in [3.8, 4) is 6.07 Å². The normalized spacial score (nSPS) is 10.3. The Kier molecular flexibility index (Phi) is 4.54. The molecule has 0 aliphatic carbocycles. The van der Waals surface area contributed by atoms with Gasteiger partial charge in [-0.1, -0.05) is 47.1 Å². The molecular formula is C15H10ClN2O. The van der Waals surface area contributed by atoms with E-state index in [1.54, 1.807) is 30.3 Å². The van der Waals surface area contributed by atoms with Crippen LogP contribution >= 0.6 is 11.6 Å². The van der Waals surface area contributed by atoms with Crippen LogP contribution in [0.15, 0.2) is 53.7 Å². The molecule has 0 fully saturated rings. The summed E-state index contributed by atoms with van der Waals surface area (Å²) in [7, 11) is 0. The Morgan fingerprint density at radius 1 is 1.11 bits per heavy atom. The summed E-state index contributed by atoms with van der Waals surface area (Å²) in [5, 5.41) is 13.3. The van der Waals surface area contributed by atoms with Gasteiger partial charge in [-0.15, -0.1) is 0 Å². The molecule has 3 nitrogen and oxygen atoms in total. The summed E-state index contributed by atoms with van der Waals surface area (Å²) in [5.41, 5.74) is 2.16. The highest BCUT2D eigenvalue weighted by Crippen LogP contribution is 2.10. The summed E-state index contributed by atoms with van der Waals surface area (Å²) >= 11 is 5.77. The summed E-state index contributed by atoms with van der Waals surface area (Å²) in [4.78, 5) is 5.13. The monoisotopic (exact) mass is 269 g/mol. The summed E-state index contributed by atoms with van der Waals surface area (Å²) in [6.45, 7) is 0.240. The van der Waals surface area contributed by atoms with Crippen molar-refractivity contribution in [1.29, 1.82) is 5.26 Å². The van der Waals surface area contributed by atoms with E-state index in [0.717, 1.165) is 11.1 Å². The number of hydrogen-bond acceptors (Lipinski definition) is 3. The summed E-state index contributed by atoms with van der Waals surface area (Å²) in [5.74, 6) is 0. The molecule has 0 spiro atoms. The molecular weight excluding hydrogens is 260 g/mol. The molecule has 0 aliphatic heterocycles. The third kappa shape index (κ3) is 3.84. The lowest BCUT2D eigenvalue weighted by molar-refractivity contribution is 0.132. The lowest BCUT2D eigenvalue weighted by Crippen LogP contribution is -1.92. The predicted molar refractivity (Wildman–Crippen MR) is 73.9 cm³/mol. The second-order valence-corrected chi connectivity index (χ2v) is 4.19. The van der Waals surface area contributed by atoms with Crippen LogP contribution in [-0.4, -0.2) is 6.21 Å². The lowest BCUT2D eigenvalue weighted by atomic mass is 10.1. The van der Waals surface area contributed by atoms with Crippen molar-refractivity contribution in [1.82, 2.24) is 0 Å². The minimum atomic E-state index is 0.240. The van der Waals surface area contributed by atoms with Gasteiger partial charge < -0.3 is 4.84 Å². The Labute approximate surface area is 116 Å². The predicted octanol–water partition coefficient (Wildman–Crippen LogP) is 3.64. The maximum absolute atomic E-state index is 8.91. The van der Waals surface area contributed by atoms with Crippen molar-refractivity contribution in [3.05, 3.63) is 70.2 Å². The number of rotatable bonds is 4. The van der Waals surface area contributed by atoms with Crippen LogP contribution in [0, 0.1) is 11.3 Å². The first-order valence-corrected chi connectivity index (χ1v) is 5.99. The molecule has 0 N–H and O–H groups in total. The standard InChI is InChI=1S/C15H10ClN2O/c16-15-7-5-12(6-8-15)10-18-19-11-14-4-2-1-3-13(14)9-17/h1-8H,11H2. The fourth-order valence-corrected chi connectivity index (χ4v) is 1.59. The van der Waals surface area contributed by atoms with E-state index in [2.05, 4.69) is 17.4 Å². The molecule has 0 heterocycles. The molecule has 0 amide bonds. The first-order chi connectivity index (χ1) is 9.29. The summed E-state index contributed by atoms with van der Waals surface area (Å²) < 4.78 is 0. The fourth-order valence-electron chi connectivity index (χ4n) is 1.47. The van der Waals surface area contributed by atoms with Crippen molar-refractivity contribution >= 4 is 17.8 Å². The highest BCUT2D eigenvalue weighted by Gasteiger charge is 2.00. The molecule has 0 unspecified atom stereocenters. The fraction of sp³-hybridized carbons (Fsp3) is 0.0667. The lowest BCUT2D eigenvalue weighted by Gasteiger charge is -2.01. The maximum atomic E-state index is 8.91. The second-order valence-electron chi connectivity index (χ2n) is 3.75. The van der Waals surface area contributed by atoms with E-state index in [1.807, 2.05) is 18.2 Å². The number of hydrogen-bond donors (Lipinski definition) is 0. The summed E-state index contributed by atoms with van der Waals surface area (Å²) in [6, 6.07) is 16.4. The van der Waals surface area contributed by atoms with E-state index in [9.17, 15) is 0 Å². The molecule has 1 radical (unpaired) electrons. The quantitative estimate of drug-likeness (QED) is 0.628. The Bertz CT molecular complexity index is 615. The first-order valence-electron chi connectivity index (χ1n) is 5.61. The van der Waals surface area contributed by atoms with Gasteiger partial charge in [0.2, 0.25) is 0 Å². The van der Waals surface area contributed by atoms with E-state index in [-0.39, 0.29) is 6.61 Å². The van der Waals surface area contributed by atoms with Crippen molar-refractivity contribution in [2.45, 2.75) is 6.61 Å². The van der Waals surface area contributed by atoms with Gasteiger partial charge in [0.25, 0.3) is 0 Å². The van der Waals surface area contributed by atoms with Gasteiger partial charge in [0.1, 0.15) is 12.8 Å².